The van der Waals surface area contributed by atoms with Crippen LogP contribution in [0, 0.1) is 11.3 Å². The van der Waals surface area contributed by atoms with E-state index in [-0.39, 0.29) is 18.2 Å². The van der Waals surface area contributed by atoms with Crippen molar-refractivity contribution in [3.8, 4) is 17.6 Å². The normalized spacial score (nSPS) is 21.3. The molecule has 0 spiro atoms. The Bertz CT molecular complexity index is 904. The number of benzene rings is 1. The number of hydrogen-bond donors (Lipinski definition) is 0. The Hall–Kier alpha value is -3.11. The SMILES string of the molecule is COc1ccc(/C=C2\C(=O)N(C[C@H]3CCCO3)C(=O)C(C#N)=C2C)cc1OC. The molecule has 1 aromatic carbocycles. The molecule has 2 aliphatic rings. The summed E-state index contributed by atoms with van der Waals surface area (Å²) < 4.78 is 16.1. The second kappa shape index (κ2) is 8.28. The van der Waals surface area contributed by atoms with Crippen LogP contribution in [0.5, 0.6) is 11.5 Å². The number of nitrogens with zero attached hydrogens (tertiary/aromatic N) is 2. The molecule has 0 aliphatic carbocycles. The molecule has 0 saturated carbocycles. The summed E-state index contributed by atoms with van der Waals surface area (Å²) in [4.78, 5) is 26.8. The van der Waals surface area contributed by atoms with Crippen molar-refractivity contribution < 1.29 is 23.8 Å². The van der Waals surface area contributed by atoms with Crippen LogP contribution in [-0.4, -0.2) is 50.2 Å². The molecule has 1 saturated heterocycles. The van der Waals surface area contributed by atoms with Crippen LogP contribution in [0.25, 0.3) is 6.08 Å². The summed E-state index contributed by atoms with van der Waals surface area (Å²) in [5, 5.41) is 9.47. The molecule has 1 fully saturated rings. The molecule has 1 aromatic rings. The van der Waals surface area contributed by atoms with Crippen LogP contribution in [-0.2, 0) is 14.3 Å². The molecule has 7 nitrogen and oxygen atoms in total. The number of methoxy groups -OCH3 is 2. The van der Waals surface area contributed by atoms with Crippen molar-refractivity contribution in [2.75, 3.05) is 27.4 Å². The Morgan fingerprint density at radius 3 is 2.61 bits per heavy atom. The smallest absolute Gasteiger partial charge is 0.271 e. The fraction of sp³-hybridized carbons (Fsp3) is 0.381. The van der Waals surface area contributed by atoms with Gasteiger partial charge in [0, 0.05) is 12.2 Å². The maximum Gasteiger partial charge on any atom is 0.271 e. The summed E-state index contributed by atoms with van der Waals surface area (Å²) in [5.41, 5.74) is 1.35. The van der Waals surface area contributed by atoms with Crippen LogP contribution in [0.1, 0.15) is 25.3 Å². The van der Waals surface area contributed by atoms with E-state index in [1.54, 1.807) is 38.3 Å². The second-order valence-electron chi connectivity index (χ2n) is 6.64. The van der Waals surface area contributed by atoms with E-state index in [4.69, 9.17) is 14.2 Å². The minimum atomic E-state index is -0.565. The van der Waals surface area contributed by atoms with E-state index in [0.29, 0.717) is 34.8 Å². The number of rotatable bonds is 5. The van der Waals surface area contributed by atoms with E-state index < -0.39 is 11.8 Å². The van der Waals surface area contributed by atoms with Crippen LogP contribution < -0.4 is 9.47 Å². The van der Waals surface area contributed by atoms with Crippen molar-refractivity contribution in [1.82, 2.24) is 4.90 Å². The van der Waals surface area contributed by atoms with Gasteiger partial charge in [-0.2, -0.15) is 5.26 Å². The molecule has 0 unspecified atom stereocenters. The molecule has 2 aliphatic heterocycles. The van der Waals surface area contributed by atoms with Crippen molar-refractivity contribution in [3.63, 3.8) is 0 Å². The summed E-state index contributed by atoms with van der Waals surface area (Å²) >= 11 is 0. The van der Waals surface area contributed by atoms with Gasteiger partial charge in [-0.15, -0.1) is 0 Å². The highest BCUT2D eigenvalue weighted by Gasteiger charge is 2.37. The third-order valence-corrected chi connectivity index (χ3v) is 4.95. The van der Waals surface area contributed by atoms with Gasteiger partial charge in [-0.3, -0.25) is 14.5 Å². The molecule has 1 atom stereocenters. The first-order valence-corrected chi connectivity index (χ1v) is 9.03. The molecule has 0 N–H and O–H groups in total. The molecule has 7 heteroatoms. The average Bonchev–Trinajstić information content (AvgIpc) is 3.22. The molecule has 0 aromatic heterocycles. The number of carbonyl (C=O) groups is 2. The topological polar surface area (TPSA) is 88.9 Å². The van der Waals surface area contributed by atoms with E-state index in [1.807, 2.05) is 6.07 Å². The number of imide groups is 1. The van der Waals surface area contributed by atoms with E-state index in [0.717, 1.165) is 17.7 Å². The molecule has 146 valence electrons. The van der Waals surface area contributed by atoms with Crippen molar-refractivity contribution in [2.45, 2.75) is 25.9 Å². The van der Waals surface area contributed by atoms with E-state index in [1.165, 1.54) is 7.11 Å². The van der Waals surface area contributed by atoms with E-state index >= 15 is 0 Å². The van der Waals surface area contributed by atoms with Gasteiger partial charge in [0.25, 0.3) is 11.8 Å². The zero-order valence-electron chi connectivity index (χ0n) is 16.2. The molecule has 0 bridgehead atoms. The number of ether oxygens (including phenoxy) is 3. The minimum absolute atomic E-state index is 0.0238. The molecule has 28 heavy (non-hydrogen) atoms. The van der Waals surface area contributed by atoms with Gasteiger partial charge in [0.2, 0.25) is 0 Å². The molecule has 2 amide bonds. The van der Waals surface area contributed by atoms with Crippen LogP contribution in [0.2, 0.25) is 0 Å². The largest absolute Gasteiger partial charge is 0.493 e. The minimum Gasteiger partial charge on any atom is -0.493 e. The Labute approximate surface area is 163 Å². The number of carbonyl (C=O) groups excluding carboxylic acids is 2. The highest BCUT2D eigenvalue weighted by atomic mass is 16.5. The van der Waals surface area contributed by atoms with E-state index in [2.05, 4.69) is 0 Å². The third kappa shape index (κ3) is 3.64. The van der Waals surface area contributed by atoms with Crippen molar-refractivity contribution in [2.24, 2.45) is 0 Å². The molecule has 3 rings (SSSR count). The lowest BCUT2D eigenvalue weighted by atomic mass is 9.93. The zero-order valence-corrected chi connectivity index (χ0v) is 16.2. The lowest BCUT2D eigenvalue weighted by Gasteiger charge is -2.29. The quantitative estimate of drug-likeness (QED) is 0.574. The van der Waals surface area contributed by atoms with Gasteiger partial charge in [0.15, 0.2) is 11.5 Å². The maximum atomic E-state index is 13.1. The Morgan fingerprint density at radius 2 is 2.00 bits per heavy atom. The summed E-state index contributed by atoms with van der Waals surface area (Å²) in [6.07, 6.45) is 3.16. The first-order chi connectivity index (χ1) is 13.5. The van der Waals surface area contributed by atoms with E-state index in [9.17, 15) is 14.9 Å². The van der Waals surface area contributed by atoms with Gasteiger partial charge in [-0.1, -0.05) is 6.07 Å². The predicted molar refractivity (Wildman–Crippen MR) is 102 cm³/mol. The fourth-order valence-electron chi connectivity index (χ4n) is 3.40. The average molecular weight is 382 g/mol. The summed E-state index contributed by atoms with van der Waals surface area (Å²) in [6, 6.07) is 7.19. The second-order valence-corrected chi connectivity index (χ2v) is 6.64. The van der Waals surface area contributed by atoms with Gasteiger partial charge in [0.05, 0.1) is 26.9 Å². The summed E-state index contributed by atoms with van der Waals surface area (Å²) in [5.74, 6) is 0.103. The molecular weight excluding hydrogens is 360 g/mol. The summed E-state index contributed by atoms with van der Waals surface area (Å²) in [7, 11) is 3.07. The van der Waals surface area contributed by atoms with Crippen molar-refractivity contribution in [1.29, 1.82) is 5.26 Å². The highest BCUT2D eigenvalue weighted by molar-refractivity contribution is 6.19. The van der Waals surface area contributed by atoms with Gasteiger partial charge < -0.3 is 14.2 Å². The van der Waals surface area contributed by atoms with Crippen molar-refractivity contribution >= 4 is 17.9 Å². The standard InChI is InChI=1S/C21H22N2O5/c1-13-16(9-14-6-7-18(26-2)19(10-14)27-3)20(24)23(21(25)17(13)11-22)12-15-5-4-8-28-15/h6-7,9-10,15H,4-5,8,12H2,1-3H3/b16-9-/t15-/m1/s1. The van der Waals surface area contributed by atoms with Crippen LogP contribution in [0.15, 0.2) is 34.9 Å². The number of nitriles is 1. The predicted octanol–water partition coefficient (Wildman–Crippen LogP) is 2.48. The molecule has 2 heterocycles. The van der Waals surface area contributed by atoms with Gasteiger partial charge in [-0.05, 0) is 49.1 Å². The van der Waals surface area contributed by atoms with Gasteiger partial charge >= 0.3 is 0 Å². The monoisotopic (exact) mass is 382 g/mol. The Balaban J connectivity index is 2.01. The van der Waals surface area contributed by atoms with Gasteiger partial charge in [-0.25, -0.2) is 0 Å². The first-order valence-electron chi connectivity index (χ1n) is 9.03. The third-order valence-electron chi connectivity index (χ3n) is 4.95. The van der Waals surface area contributed by atoms with Crippen LogP contribution >= 0.6 is 0 Å². The lowest BCUT2D eigenvalue weighted by Crippen LogP contribution is -2.46. The number of hydrogen-bond acceptors (Lipinski definition) is 6. The summed E-state index contributed by atoms with van der Waals surface area (Å²) in [6.45, 7) is 2.39. The fourth-order valence-corrected chi connectivity index (χ4v) is 3.40. The number of amides is 2. The van der Waals surface area contributed by atoms with Crippen LogP contribution in [0.4, 0.5) is 0 Å². The maximum absolute atomic E-state index is 13.1. The lowest BCUT2D eigenvalue weighted by molar-refractivity contribution is -0.142. The first kappa shape index (κ1) is 19.6. The zero-order chi connectivity index (χ0) is 20.3. The Kier molecular flexibility index (Phi) is 5.81. The highest BCUT2D eigenvalue weighted by Crippen LogP contribution is 2.31. The molecule has 0 radical (unpaired) electrons. The van der Waals surface area contributed by atoms with Gasteiger partial charge in [0.1, 0.15) is 11.6 Å². The Morgan fingerprint density at radius 1 is 1.25 bits per heavy atom. The van der Waals surface area contributed by atoms with Crippen LogP contribution in [0.3, 0.4) is 0 Å². The van der Waals surface area contributed by atoms with Crippen molar-refractivity contribution in [3.05, 3.63) is 40.5 Å². The molecular formula is C21H22N2O5.